The van der Waals surface area contributed by atoms with E-state index in [-0.39, 0.29) is 0 Å². The van der Waals surface area contributed by atoms with E-state index in [2.05, 4.69) is 16.0 Å². The number of piperidine rings is 1. The van der Waals surface area contributed by atoms with Crippen LogP contribution in [0, 0.1) is 18.3 Å². The second-order valence-electron chi connectivity index (χ2n) is 4.99. The van der Waals surface area contributed by atoms with Crippen molar-refractivity contribution in [2.75, 3.05) is 18.0 Å². The topological polar surface area (TPSA) is 60.2 Å². The van der Waals surface area contributed by atoms with Gasteiger partial charge in [-0.25, -0.2) is 4.98 Å². The monoisotopic (exact) mass is 231 g/mol. The number of pyridine rings is 1. The molecule has 4 heteroatoms. The Hall–Kier alpha value is -1.60. The summed E-state index contributed by atoms with van der Waals surface area (Å²) < 4.78 is 0. The first-order chi connectivity index (χ1) is 8.00. The second-order valence-corrected chi connectivity index (χ2v) is 4.99. The first-order valence-corrected chi connectivity index (χ1v) is 5.86. The minimum atomic E-state index is -0.656. The van der Waals surface area contributed by atoms with Crippen LogP contribution in [0.1, 0.15) is 31.0 Å². The summed E-state index contributed by atoms with van der Waals surface area (Å²) in [5.41, 5.74) is 0.804. The van der Waals surface area contributed by atoms with Crippen LogP contribution in [0.25, 0.3) is 0 Å². The Morgan fingerprint density at radius 2 is 2.29 bits per heavy atom. The molecular formula is C13H17N3O. The third-order valence-electron chi connectivity index (χ3n) is 3.07. The van der Waals surface area contributed by atoms with Gasteiger partial charge in [-0.3, -0.25) is 0 Å². The van der Waals surface area contributed by atoms with Crippen molar-refractivity contribution >= 4 is 5.82 Å². The van der Waals surface area contributed by atoms with Crippen LogP contribution in [0.4, 0.5) is 5.82 Å². The number of nitriles is 1. The molecule has 1 atom stereocenters. The van der Waals surface area contributed by atoms with Gasteiger partial charge in [0.1, 0.15) is 5.82 Å². The molecule has 2 heterocycles. The van der Waals surface area contributed by atoms with E-state index in [4.69, 9.17) is 5.26 Å². The number of hydrogen-bond acceptors (Lipinski definition) is 4. The van der Waals surface area contributed by atoms with E-state index < -0.39 is 5.60 Å². The third-order valence-corrected chi connectivity index (χ3v) is 3.07. The van der Waals surface area contributed by atoms with Gasteiger partial charge in [-0.2, -0.15) is 5.26 Å². The van der Waals surface area contributed by atoms with Crippen molar-refractivity contribution in [3.63, 3.8) is 0 Å². The van der Waals surface area contributed by atoms with Gasteiger partial charge in [-0.05, 0) is 38.8 Å². The number of aromatic nitrogens is 1. The summed E-state index contributed by atoms with van der Waals surface area (Å²) in [5.74, 6) is 0.793. The molecular weight excluding hydrogens is 214 g/mol. The fourth-order valence-corrected chi connectivity index (χ4v) is 2.29. The Bertz CT molecular complexity index is 462. The Morgan fingerprint density at radius 3 is 2.94 bits per heavy atom. The minimum Gasteiger partial charge on any atom is -0.388 e. The molecule has 0 bridgehead atoms. The van der Waals surface area contributed by atoms with Crippen molar-refractivity contribution in [2.45, 2.75) is 32.3 Å². The Labute approximate surface area is 102 Å². The fraction of sp³-hybridized carbons (Fsp3) is 0.538. The van der Waals surface area contributed by atoms with Crippen molar-refractivity contribution in [1.82, 2.24) is 4.98 Å². The molecule has 90 valence electrons. The fourth-order valence-electron chi connectivity index (χ4n) is 2.29. The number of hydrogen-bond donors (Lipinski definition) is 1. The Morgan fingerprint density at radius 1 is 1.53 bits per heavy atom. The molecule has 1 aromatic rings. The molecule has 1 unspecified atom stereocenters. The van der Waals surface area contributed by atoms with Crippen LogP contribution in [-0.4, -0.2) is 28.8 Å². The number of aryl methyl sites for hydroxylation is 1. The molecule has 1 fully saturated rings. The normalized spacial score (nSPS) is 24.5. The lowest BCUT2D eigenvalue weighted by Crippen LogP contribution is -2.46. The molecule has 0 spiro atoms. The highest BCUT2D eigenvalue weighted by molar-refractivity contribution is 5.47. The van der Waals surface area contributed by atoms with E-state index in [1.54, 1.807) is 12.1 Å². The average molecular weight is 231 g/mol. The third kappa shape index (κ3) is 2.75. The van der Waals surface area contributed by atoms with Gasteiger partial charge in [-0.1, -0.05) is 0 Å². The molecule has 0 saturated carbocycles. The highest BCUT2D eigenvalue weighted by Gasteiger charge is 2.29. The molecule has 2 rings (SSSR count). The van der Waals surface area contributed by atoms with E-state index in [1.165, 1.54) is 0 Å². The van der Waals surface area contributed by atoms with Gasteiger partial charge in [0.25, 0.3) is 0 Å². The zero-order chi connectivity index (χ0) is 12.5. The summed E-state index contributed by atoms with van der Waals surface area (Å²) in [5, 5.41) is 19.0. The highest BCUT2D eigenvalue weighted by atomic mass is 16.3. The van der Waals surface area contributed by atoms with Gasteiger partial charge in [0.2, 0.25) is 0 Å². The van der Waals surface area contributed by atoms with Gasteiger partial charge in [-0.15, -0.1) is 0 Å². The minimum absolute atomic E-state index is 0.578. The van der Waals surface area contributed by atoms with E-state index in [1.807, 2.05) is 13.8 Å². The summed E-state index contributed by atoms with van der Waals surface area (Å²) in [6.07, 6.45) is 1.77. The molecule has 0 aliphatic carbocycles. The number of anilines is 1. The Balaban J connectivity index is 2.28. The van der Waals surface area contributed by atoms with Crippen molar-refractivity contribution in [2.24, 2.45) is 0 Å². The molecule has 1 aromatic heterocycles. The number of rotatable bonds is 1. The molecule has 1 saturated heterocycles. The number of nitrogens with zero attached hydrogens (tertiary/aromatic N) is 3. The van der Waals surface area contributed by atoms with E-state index in [9.17, 15) is 5.11 Å². The van der Waals surface area contributed by atoms with Crippen LogP contribution in [0.2, 0.25) is 0 Å². The average Bonchev–Trinajstić information content (AvgIpc) is 2.27. The van der Waals surface area contributed by atoms with Crippen molar-refractivity contribution < 1.29 is 5.11 Å². The largest absolute Gasteiger partial charge is 0.388 e. The SMILES string of the molecule is Cc1cc(C#N)cc(N2CCCC(C)(O)C2)n1. The lowest BCUT2D eigenvalue weighted by molar-refractivity contribution is 0.0447. The van der Waals surface area contributed by atoms with E-state index in [0.717, 1.165) is 30.9 Å². The maximum atomic E-state index is 10.1. The number of aliphatic hydroxyl groups is 1. The predicted molar refractivity (Wildman–Crippen MR) is 65.8 cm³/mol. The van der Waals surface area contributed by atoms with Gasteiger partial charge in [0.15, 0.2) is 0 Å². The first-order valence-electron chi connectivity index (χ1n) is 5.86. The van der Waals surface area contributed by atoms with Crippen LogP contribution in [-0.2, 0) is 0 Å². The molecule has 1 aliphatic heterocycles. The standard InChI is InChI=1S/C13H17N3O/c1-10-6-11(8-14)7-12(15-10)16-5-3-4-13(2,17)9-16/h6-7,17H,3-5,9H2,1-2H3. The quantitative estimate of drug-likeness (QED) is 0.797. The van der Waals surface area contributed by atoms with Gasteiger partial charge in [0.05, 0.1) is 17.2 Å². The second kappa shape index (κ2) is 4.34. The van der Waals surface area contributed by atoms with Crippen LogP contribution >= 0.6 is 0 Å². The van der Waals surface area contributed by atoms with Gasteiger partial charge >= 0.3 is 0 Å². The highest BCUT2D eigenvalue weighted by Crippen LogP contribution is 2.25. The Kier molecular flexibility index (Phi) is 3.03. The molecule has 17 heavy (non-hydrogen) atoms. The zero-order valence-electron chi connectivity index (χ0n) is 10.3. The molecule has 4 nitrogen and oxygen atoms in total. The van der Waals surface area contributed by atoms with Crippen molar-refractivity contribution in [3.05, 3.63) is 23.4 Å². The molecule has 0 aromatic carbocycles. The van der Waals surface area contributed by atoms with Gasteiger partial charge in [0, 0.05) is 18.8 Å². The summed E-state index contributed by atoms with van der Waals surface area (Å²) >= 11 is 0. The van der Waals surface area contributed by atoms with Crippen molar-refractivity contribution in [1.29, 1.82) is 5.26 Å². The first kappa shape index (κ1) is 11.9. The van der Waals surface area contributed by atoms with Crippen LogP contribution in [0.5, 0.6) is 0 Å². The summed E-state index contributed by atoms with van der Waals surface area (Å²) in [4.78, 5) is 6.49. The smallest absolute Gasteiger partial charge is 0.130 e. The lowest BCUT2D eigenvalue weighted by atomic mass is 9.95. The van der Waals surface area contributed by atoms with E-state index >= 15 is 0 Å². The number of β-amino-alcohol motifs (C(OH)–C–C–N with tert-alkyl or cyclic N) is 1. The summed E-state index contributed by atoms with van der Waals surface area (Å²) in [6, 6.07) is 5.69. The van der Waals surface area contributed by atoms with Crippen LogP contribution < -0.4 is 4.90 Å². The molecule has 1 aliphatic rings. The summed E-state index contributed by atoms with van der Waals surface area (Å²) in [6.45, 7) is 5.19. The molecule has 0 amide bonds. The van der Waals surface area contributed by atoms with Crippen molar-refractivity contribution in [3.8, 4) is 6.07 Å². The predicted octanol–water partition coefficient (Wildman–Crippen LogP) is 1.61. The van der Waals surface area contributed by atoms with E-state index in [0.29, 0.717) is 12.1 Å². The van der Waals surface area contributed by atoms with Crippen LogP contribution in [0.15, 0.2) is 12.1 Å². The summed E-state index contributed by atoms with van der Waals surface area (Å²) in [7, 11) is 0. The van der Waals surface area contributed by atoms with Crippen LogP contribution in [0.3, 0.4) is 0 Å². The zero-order valence-corrected chi connectivity index (χ0v) is 10.3. The lowest BCUT2D eigenvalue weighted by Gasteiger charge is -2.37. The maximum Gasteiger partial charge on any atom is 0.130 e. The molecule has 0 radical (unpaired) electrons. The van der Waals surface area contributed by atoms with Gasteiger partial charge < -0.3 is 10.0 Å². The maximum absolute atomic E-state index is 10.1. The molecule has 1 N–H and O–H groups in total.